The molecule has 3 rings (SSSR count). The molecule has 10 nitrogen and oxygen atoms in total. The molecule has 1 saturated heterocycles. The molecule has 0 saturated carbocycles. The Hall–Kier alpha value is -1.55. The maximum Gasteiger partial charge on any atom is 0.331 e. The van der Waals surface area contributed by atoms with Crippen LogP contribution in [0.3, 0.4) is 0 Å². The minimum Gasteiger partial charge on any atom is -0.388 e. The monoisotopic (exact) mass is 442 g/mol. The molecule has 2 aromatic rings. The molecule has 5 N–H and O–H groups in total. The van der Waals surface area contributed by atoms with Crippen LogP contribution >= 0.6 is 7.60 Å². The number of fused-ring (bicyclic) bond motifs is 1. The molecule has 1 aliphatic heterocycles. The molecule has 2 aromatic heterocycles. The molecule has 0 aliphatic carbocycles. The first-order valence-corrected chi connectivity index (χ1v) is 11.8. The van der Waals surface area contributed by atoms with Crippen LogP contribution in [-0.2, 0) is 13.8 Å². The SMILES string of the molecule is CCC(C)P(=O)(O)OC(C)(CC)CC1O[C@@H](n2ccc3c(N)ncnc32)[C@H](O)[C@@H]1O. The highest BCUT2D eigenvalue weighted by Crippen LogP contribution is 2.54. The highest BCUT2D eigenvalue weighted by Gasteiger charge is 2.48. The maximum atomic E-state index is 12.6. The van der Waals surface area contributed by atoms with E-state index in [1.807, 2.05) is 13.8 Å². The summed E-state index contributed by atoms with van der Waals surface area (Å²) in [5.74, 6) is 0.305. The zero-order chi connectivity index (χ0) is 22.3. The Kier molecular flexibility index (Phi) is 6.57. The van der Waals surface area contributed by atoms with Gasteiger partial charge in [0.25, 0.3) is 0 Å². The molecular weight excluding hydrogens is 411 g/mol. The van der Waals surface area contributed by atoms with E-state index in [1.54, 1.807) is 30.7 Å². The van der Waals surface area contributed by atoms with Crippen LogP contribution in [0.25, 0.3) is 11.0 Å². The average molecular weight is 442 g/mol. The minimum absolute atomic E-state index is 0.134. The molecular formula is C19H31N4O6P. The molecule has 0 radical (unpaired) electrons. The van der Waals surface area contributed by atoms with E-state index in [2.05, 4.69) is 9.97 Å². The third-order valence-electron chi connectivity index (χ3n) is 6.03. The number of anilines is 1. The van der Waals surface area contributed by atoms with Crippen LogP contribution in [-0.4, -0.2) is 59.2 Å². The number of nitrogen functional groups attached to an aromatic ring is 1. The fraction of sp³-hybridized carbons (Fsp3) is 0.684. The highest BCUT2D eigenvalue weighted by atomic mass is 31.2. The van der Waals surface area contributed by atoms with Crippen LogP contribution in [0, 0.1) is 0 Å². The number of rotatable bonds is 8. The third-order valence-corrected chi connectivity index (χ3v) is 8.21. The fourth-order valence-electron chi connectivity index (χ4n) is 3.63. The van der Waals surface area contributed by atoms with Gasteiger partial charge in [-0.2, -0.15) is 0 Å². The molecule has 11 heteroatoms. The first-order chi connectivity index (χ1) is 14.0. The number of nitrogens with two attached hydrogens (primary N) is 1. The van der Waals surface area contributed by atoms with Gasteiger partial charge in [0.1, 0.15) is 30.0 Å². The van der Waals surface area contributed by atoms with Crippen molar-refractivity contribution in [2.75, 3.05) is 5.73 Å². The standard InChI is InChI=1S/C19H31N4O6P/c1-5-11(3)30(26,27)29-19(4,6-2)9-13-14(24)15(25)18(28-13)23-8-7-12-16(20)21-10-22-17(12)23/h7-8,10-11,13-15,18,24-25H,5-6,9H2,1-4H3,(H,26,27)(H2,20,21,22)/t11?,13?,14-,15-,18-,19?/m1/s1. The lowest BCUT2D eigenvalue weighted by Crippen LogP contribution is -2.38. The molecule has 3 heterocycles. The van der Waals surface area contributed by atoms with Crippen molar-refractivity contribution < 1.29 is 28.9 Å². The molecule has 0 amide bonds. The first-order valence-electron chi connectivity index (χ1n) is 10.1. The summed E-state index contributed by atoms with van der Waals surface area (Å²) >= 11 is 0. The predicted octanol–water partition coefficient (Wildman–Crippen LogP) is 2.19. The summed E-state index contributed by atoms with van der Waals surface area (Å²) in [6, 6.07) is 1.72. The van der Waals surface area contributed by atoms with Crippen molar-refractivity contribution >= 4 is 24.4 Å². The van der Waals surface area contributed by atoms with Crippen molar-refractivity contribution in [3.05, 3.63) is 18.6 Å². The normalized spacial score (nSPS) is 29.6. The van der Waals surface area contributed by atoms with Crippen molar-refractivity contribution in [2.24, 2.45) is 0 Å². The van der Waals surface area contributed by atoms with E-state index in [1.165, 1.54) is 6.33 Å². The number of aromatic nitrogens is 3. The second-order valence-electron chi connectivity index (χ2n) is 8.19. The molecule has 0 spiro atoms. The lowest BCUT2D eigenvalue weighted by atomic mass is 9.93. The zero-order valence-electron chi connectivity index (χ0n) is 17.7. The summed E-state index contributed by atoms with van der Waals surface area (Å²) in [4.78, 5) is 18.5. The van der Waals surface area contributed by atoms with Gasteiger partial charge in [0.15, 0.2) is 6.23 Å². The Labute approximate surface area is 175 Å². The largest absolute Gasteiger partial charge is 0.388 e. The number of nitrogens with zero attached hydrogens (tertiary/aromatic N) is 3. The van der Waals surface area contributed by atoms with Crippen LogP contribution in [0.1, 0.15) is 53.2 Å². The first kappa shape index (κ1) is 23.1. The van der Waals surface area contributed by atoms with E-state index in [0.29, 0.717) is 29.7 Å². The lowest BCUT2D eigenvalue weighted by molar-refractivity contribution is -0.0652. The van der Waals surface area contributed by atoms with Gasteiger partial charge in [0.2, 0.25) is 0 Å². The van der Waals surface area contributed by atoms with E-state index in [0.717, 1.165) is 0 Å². The van der Waals surface area contributed by atoms with Gasteiger partial charge in [-0.3, -0.25) is 4.57 Å². The molecule has 1 fully saturated rings. The van der Waals surface area contributed by atoms with E-state index < -0.39 is 43.4 Å². The Morgan fingerprint density at radius 3 is 2.70 bits per heavy atom. The Balaban J connectivity index is 1.82. The smallest absolute Gasteiger partial charge is 0.331 e. The van der Waals surface area contributed by atoms with Crippen molar-refractivity contribution in [1.29, 1.82) is 0 Å². The van der Waals surface area contributed by atoms with E-state index in [-0.39, 0.29) is 6.42 Å². The zero-order valence-corrected chi connectivity index (χ0v) is 18.6. The summed E-state index contributed by atoms with van der Waals surface area (Å²) in [5.41, 5.74) is 4.83. The van der Waals surface area contributed by atoms with Gasteiger partial charge < -0.3 is 34.7 Å². The van der Waals surface area contributed by atoms with Crippen LogP contribution in [0.15, 0.2) is 18.6 Å². The van der Waals surface area contributed by atoms with Crippen LogP contribution in [0.4, 0.5) is 5.82 Å². The van der Waals surface area contributed by atoms with Crippen molar-refractivity contribution in [2.45, 2.75) is 82.8 Å². The molecule has 168 valence electrons. The topological polar surface area (TPSA) is 153 Å². The summed E-state index contributed by atoms with van der Waals surface area (Å²) in [6.07, 6.45) is -0.0773. The minimum atomic E-state index is -3.85. The van der Waals surface area contributed by atoms with Crippen molar-refractivity contribution in [3.63, 3.8) is 0 Å². The summed E-state index contributed by atoms with van der Waals surface area (Å²) in [7, 11) is -3.85. The lowest BCUT2D eigenvalue weighted by Gasteiger charge is -2.35. The van der Waals surface area contributed by atoms with Gasteiger partial charge in [-0.15, -0.1) is 0 Å². The number of ether oxygens (including phenoxy) is 1. The summed E-state index contributed by atoms with van der Waals surface area (Å²) in [5, 5.41) is 21.9. The van der Waals surface area contributed by atoms with E-state index in [9.17, 15) is 19.7 Å². The molecule has 30 heavy (non-hydrogen) atoms. The van der Waals surface area contributed by atoms with Crippen LogP contribution < -0.4 is 5.73 Å². The predicted molar refractivity (Wildman–Crippen MR) is 112 cm³/mol. The maximum absolute atomic E-state index is 12.6. The fourth-order valence-corrected chi connectivity index (χ4v) is 5.11. The number of aliphatic hydroxyl groups excluding tert-OH is 2. The molecule has 7 atom stereocenters. The van der Waals surface area contributed by atoms with Crippen LogP contribution in [0.2, 0.25) is 0 Å². The third kappa shape index (κ3) is 4.26. The van der Waals surface area contributed by atoms with E-state index >= 15 is 0 Å². The van der Waals surface area contributed by atoms with Crippen LogP contribution in [0.5, 0.6) is 0 Å². The summed E-state index contributed by atoms with van der Waals surface area (Å²) < 4.78 is 25.9. The van der Waals surface area contributed by atoms with Gasteiger partial charge in [-0.1, -0.05) is 20.8 Å². The van der Waals surface area contributed by atoms with Crippen molar-refractivity contribution in [1.82, 2.24) is 14.5 Å². The number of hydrogen-bond donors (Lipinski definition) is 4. The second kappa shape index (κ2) is 8.53. The Morgan fingerprint density at radius 2 is 2.07 bits per heavy atom. The summed E-state index contributed by atoms with van der Waals surface area (Å²) in [6.45, 7) is 7.04. The quantitative estimate of drug-likeness (QED) is 0.451. The van der Waals surface area contributed by atoms with Gasteiger partial charge in [0, 0.05) is 12.6 Å². The molecule has 1 aliphatic rings. The van der Waals surface area contributed by atoms with Gasteiger partial charge in [0.05, 0.1) is 22.8 Å². The highest BCUT2D eigenvalue weighted by molar-refractivity contribution is 7.53. The van der Waals surface area contributed by atoms with Gasteiger partial charge in [-0.05, 0) is 25.8 Å². The number of hydrogen-bond acceptors (Lipinski definition) is 8. The molecule has 4 unspecified atom stereocenters. The molecule has 0 bridgehead atoms. The second-order valence-corrected chi connectivity index (χ2v) is 10.4. The van der Waals surface area contributed by atoms with Gasteiger partial charge >= 0.3 is 7.60 Å². The van der Waals surface area contributed by atoms with Crippen molar-refractivity contribution in [3.8, 4) is 0 Å². The Morgan fingerprint density at radius 1 is 1.37 bits per heavy atom. The van der Waals surface area contributed by atoms with E-state index in [4.69, 9.17) is 15.0 Å². The van der Waals surface area contributed by atoms with Gasteiger partial charge in [-0.25, -0.2) is 9.97 Å². The average Bonchev–Trinajstić information content (AvgIpc) is 3.24. The Bertz CT molecular complexity index is 939. The number of aliphatic hydroxyl groups is 2. The molecule has 0 aromatic carbocycles.